The molecule has 2 aromatic carbocycles. The summed E-state index contributed by atoms with van der Waals surface area (Å²) in [5.74, 6) is -0.363. The van der Waals surface area contributed by atoms with Gasteiger partial charge in [-0.2, -0.15) is 0 Å². The topological polar surface area (TPSA) is 125 Å². The number of nitrogens with zero attached hydrogens (tertiary/aromatic N) is 2. The Morgan fingerprint density at radius 3 is 2.59 bits per heavy atom. The third-order valence-electron chi connectivity index (χ3n) is 10.6. The SMILES string of the molecule is CC[C@H](C)[C@@H](C)S(=O)(=O)NC(=O)c1ccc2c(c1)N(C[C@@H]1CC[C@H]1C(C)(O)CC(=O)N(C)CCOC)CCCCc1cc(Cl)ccc1CO2. The van der Waals surface area contributed by atoms with Gasteiger partial charge in [-0.15, -0.1) is 0 Å². The number of aryl methyl sites for hydroxylation is 1. The number of halogens is 1. The number of anilines is 1. The van der Waals surface area contributed by atoms with E-state index < -0.39 is 26.8 Å². The molecule has 1 aliphatic heterocycles. The maximum absolute atomic E-state index is 13.5. The van der Waals surface area contributed by atoms with Crippen LogP contribution in [0.3, 0.4) is 0 Å². The molecule has 49 heavy (non-hydrogen) atoms. The summed E-state index contributed by atoms with van der Waals surface area (Å²) >= 11 is 6.34. The number of fused-ring (bicyclic) bond motifs is 2. The summed E-state index contributed by atoms with van der Waals surface area (Å²) in [6.07, 6.45) is 4.96. The van der Waals surface area contributed by atoms with E-state index in [9.17, 15) is 23.1 Å². The number of methoxy groups -OCH3 is 1. The van der Waals surface area contributed by atoms with Crippen LogP contribution in [0.4, 0.5) is 5.69 Å². The van der Waals surface area contributed by atoms with Gasteiger partial charge in [-0.3, -0.25) is 9.59 Å². The van der Waals surface area contributed by atoms with Crippen LogP contribution in [-0.2, 0) is 32.6 Å². The highest BCUT2D eigenvalue weighted by Crippen LogP contribution is 2.45. The Balaban J connectivity index is 1.63. The number of hydrogen-bond donors (Lipinski definition) is 2. The Hall–Kier alpha value is -2.86. The van der Waals surface area contributed by atoms with Crippen LogP contribution in [-0.4, -0.2) is 81.5 Å². The Morgan fingerprint density at radius 1 is 1.16 bits per heavy atom. The van der Waals surface area contributed by atoms with Gasteiger partial charge in [-0.25, -0.2) is 13.1 Å². The summed E-state index contributed by atoms with van der Waals surface area (Å²) in [5.41, 5.74) is 1.88. The minimum Gasteiger partial charge on any atom is -0.487 e. The van der Waals surface area contributed by atoms with E-state index in [1.54, 1.807) is 51.1 Å². The molecule has 1 aliphatic carbocycles. The van der Waals surface area contributed by atoms with Gasteiger partial charge in [0, 0.05) is 44.4 Å². The van der Waals surface area contributed by atoms with Gasteiger partial charge in [-0.05, 0) is 105 Å². The number of amides is 2. The van der Waals surface area contributed by atoms with Crippen LogP contribution < -0.4 is 14.4 Å². The van der Waals surface area contributed by atoms with E-state index >= 15 is 0 Å². The quantitative estimate of drug-likeness (QED) is 0.265. The van der Waals surface area contributed by atoms with Crippen molar-refractivity contribution in [2.45, 2.75) is 90.1 Å². The lowest BCUT2D eigenvalue weighted by molar-refractivity contribution is -0.141. The first-order valence-electron chi connectivity index (χ1n) is 17.5. The van der Waals surface area contributed by atoms with Gasteiger partial charge >= 0.3 is 0 Å². The van der Waals surface area contributed by atoms with E-state index in [-0.39, 0.29) is 35.6 Å². The monoisotopic (exact) mass is 719 g/mol. The van der Waals surface area contributed by atoms with Crippen molar-refractivity contribution >= 4 is 39.1 Å². The number of hydrogen-bond acceptors (Lipinski definition) is 8. The molecule has 0 bridgehead atoms. The average molecular weight is 720 g/mol. The van der Waals surface area contributed by atoms with Gasteiger partial charge in [-0.1, -0.05) is 37.9 Å². The van der Waals surface area contributed by atoms with Crippen LogP contribution in [0.15, 0.2) is 36.4 Å². The van der Waals surface area contributed by atoms with Crippen molar-refractivity contribution in [3.63, 3.8) is 0 Å². The van der Waals surface area contributed by atoms with Crippen molar-refractivity contribution in [1.82, 2.24) is 9.62 Å². The summed E-state index contributed by atoms with van der Waals surface area (Å²) in [5, 5.41) is 11.5. The third-order valence-corrected chi connectivity index (χ3v) is 12.8. The maximum Gasteiger partial charge on any atom is 0.264 e. The number of sulfonamides is 1. The summed E-state index contributed by atoms with van der Waals surface area (Å²) in [7, 11) is -0.589. The molecule has 1 heterocycles. The van der Waals surface area contributed by atoms with E-state index in [0.29, 0.717) is 55.7 Å². The fraction of sp³-hybridized carbons (Fsp3) is 0.622. The third kappa shape index (κ3) is 9.90. The number of aliphatic hydroxyl groups is 1. The normalized spacial score (nSPS) is 20.6. The smallest absolute Gasteiger partial charge is 0.264 e. The van der Waals surface area contributed by atoms with Crippen LogP contribution in [0.25, 0.3) is 0 Å². The van der Waals surface area contributed by atoms with Crippen molar-refractivity contribution < 1.29 is 32.6 Å². The number of ether oxygens (including phenoxy) is 2. The zero-order valence-corrected chi connectivity index (χ0v) is 31.4. The highest BCUT2D eigenvalue weighted by molar-refractivity contribution is 7.90. The van der Waals surface area contributed by atoms with Crippen LogP contribution in [0.2, 0.25) is 5.02 Å². The second-order valence-corrected chi connectivity index (χ2v) is 16.6. The van der Waals surface area contributed by atoms with Crippen LogP contribution in [0, 0.1) is 17.8 Å². The van der Waals surface area contributed by atoms with E-state index in [1.807, 2.05) is 32.0 Å². The fourth-order valence-corrected chi connectivity index (χ4v) is 8.37. The lowest BCUT2D eigenvalue weighted by atomic mass is 9.64. The fourth-order valence-electron chi connectivity index (χ4n) is 6.81. The summed E-state index contributed by atoms with van der Waals surface area (Å²) in [6, 6.07) is 10.9. The number of rotatable bonds is 13. The molecule has 10 nitrogen and oxygen atoms in total. The second-order valence-electron chi connectivity index (χ2n) is 14.1. The molecule has 0 radical (unpaired) electrons. The largest absolute Gasteiger partial charge is 0.487 e. The van der Waals surface area contributed by atoms with Crippen LogP contribution in [0.5, 0.6) is 5.75 Å². The van der Waals surface area contributed by atoms with Crippen LogP contribution >= 0.6 is 11.6 Å². The van der Waals surface area contributed by atoms with Crippen LogP contribution in [0.1, 0.15) is 87.7 Å². The Kier molecular flexibility index (Phi) is 13.4. The first-order valence-corrected chi connectivity index (χ1v) is 19.4. The molecule has 272 valence electrons. The Morgan fingerprint density at radius 2 is 1.92 bits per heavy atom. The molecule has 0 aromatic heterocycles. The van der Waals surface area contributed by atoms with Crippen molar-refractivity contribution in [3.8, 4) is 5.75 Å². The maximum atomic E-state index is 13.5. The number of carbonyl (C=O) groups excluding carboxylic acids is 2. The molecule has 5 atom stereocenters. The van der Waals surface area contributed by atoms with Crippen molar-refractivity contribution in [1.29, 1.82) is 0 Å². The molecule has 2 aromatic rings. The molecule has 2 amide bonds. The zero-order chi connectivity index (χ0) is 35.9. The number of benzene rings is 2. The number of nitrogens with one attached hydrogen (secondary N) is 1. The highest BCUT2D eigenvalue weighted by atomic mass is 35.5. The second kappa shape index (κ2) is 16.9. The van der Waals surface area contributed by atoms with Gasteiger partial charge in [0.2, 0.25) is 15.9 Å². The minimum absolute atomic E-state index is 0.0166. The molecule has 2 aliphatic rings. The molecule has 4 rings (SSSR count). The first kappa shape index (κ1) is 38.9. The van der Waals surface area contributed by atoms with E-state index in [2.05, 4.69) is 9.62 Å². The van der Waals surface area contributed by atoms with Gasteiger partial charge in [0.1, 0.15) is 12.4 Å². The van der Waals surface area contributed by atoms with Gasteiger partial charge in [0.15, 0.2) is 0 Å². The zero-order valence-electron chi connectivity index (χ0n) is 29.8. The molecular weight excluding hydrogens is 666 g/mol. The molecule has 2 N–H and O–H groups in total. The van der Waals surface area contributed by atoms with E-state index in [1.165, 1.54) is 0 Å². The Labute approximate surface area is 297 Å². The standard InChI is InChI=1S/C37H54ClN3O7S/c1-7-25(2)26(3)49(45,46)39-36(43)28-13-16-34-33(21-28)41(17-9-8-10-27-20-31(38)14-11-30(27)24-48-34)23-29-12-15-32(29)37(4,44)22-35(42)40(5)18-19-47-6/h11,13-14,16,20-21,25-26,29,32,44H,7-10,12,15,17-19,22-24H2,1-6H3,(H,39,43)/t25-,26+,29-,32+,37?/m0/s1. The highest BCUT2D eigenvalue weighted by Gasteiger charge is 2.45. The minimum atomic E-state index is -3.90. The van der Waals surface area contributed by atoms with Crippen molar-refractivity contribution in [2.75, 3.05) is 45.3 Å². The molecular formula is C37H54ClN3O7S. The molecule has 12 heteroatoms. The molecule has 0 saturated heterocycles. The summed E-state index contributed by atoms with van der Waals surface area (Å²) in [6.45, 7) is 9.57. The van der Waals surface area contributed by atoms with Crippen molar-refractivity contribution in [3.05, 3.63) is 58.1 Å². The first-order chi connectivity index (χ1) is 23.2. The predicted molar refractivity (Wildman–Crippen MR) is 194 cm³/mol. The molecule has 1 unspecified atom stereocenters. The predicted octanol–water partition coefficient (Wildman–Crippen LogP) is 5.83. The molecule has 0 spiro atoms. The summed E-state index contributed by atoms with van der Waals surface area (Å²) in [4.78, 5) is 30.2. The summed E-state index contributed by atoms with van der Waals surface area (Å²) < 4.78 is 40.0. The average Bonchev–Trinajstić information content (AvgIpc) is 3.07. The lowest BCUT2D eigenvalue weighted by Crippen LogP contribution is -2.51. The Bertz CT molecular complexity index is 1570. The van der Waals surface area contributed by atoms with Gasteiger partial charge in [0.05, 0.1) is 29.6 Å². The van der Waals surface area contributed by atoms with Crippen molar-refractivity contribution in [2.24, 2.45) is 17.8 Å². The molecule has 1 saturated carbocycles. The number of carbonyl (C=O) groups is 2. The molecule has 1 fully saturated rings. The van der Waals surface area contributed by atoms with E-state index in [4.69, 9.17) is 21.1 Å². The van der Waals surface area contributed by atoms with Gasteiger partial charge in [0.25, 0.3) is 5.91 Å². The lowest BCUT2D eigenvalue weighted by Gasteiger charge is -2.48. The number of likely N-dealkylation sites (N-methyl/N-ethyl adjacent to an activating group) is 1. The van der Waals surface area contributed by atoms with E-state index in [0.717, 1.165) is 43.2 Å². The van der Waals surface area contributed by atoms with Gasteiger partial charge < -0.3 is 24.4 Å².